The topological polar surface area (TPSA) is 6.48 Å². The molecule has 0 aromatic heterocycles. The van der Waals surface area contributed by atoms with Crippen LogP contribution in [0.1, 0.15) is 53.0 Å². The van der Waals surface area contributed by atoms with Crippen molar-refractivity contribution >= 4 is 33.4 Å². The van der Waals surface area contributed by atoms with Gasteiger partial charge in [0.25, 0.3) is 0 Å². The molecular weight excluding hydrogens is 569 g/mol. The van der Waals surface area contributed by atoms with Crippen LogP contribution in [0.3, 0.4) is 0 Å². The molecule has 0 fully saturated rings. The van der Waals surface area contributed by atoms with Crippen LogP contribution in [0, 0.1) is 0 Å². The Bertz CT molecular complexity index is 1760. The Balaban J connectivity index is 1.64. The zero-order chi connectivity index (χ0) is 33.6. The Morgan fingerprint density at radius 1 is 0.766 bits per heavy atom. The number of hydrogen-bond acceptors (Lipinski definition) is 2. The van der Waals surface area contributed by atoms with Crippen molar-refractivity contribution in [2.75, 3.05) is 9.80 Å². The van der Waals surface area contributed by atoms with Crippen molar-refractivity contribution in [1.82, 2.24) is 0 Å². The van der Waals surface area contributed by atoms with Gasteiger partial charge < -0.3 is 9.80 Å². The summed E-state index contributed by atoms with van der Waals surface area (Å²) in [7, 11) is 0. The molecule has 240 valence electrons. The molecule has 4 rings (SSSR count). The Morgan fingerprint density at radius 2 is 1.47 bits per heavy atom. The van der Waals surface area contributed by atoms with Crippen LogP contribution >= 0.6 is 0 Å². The highest BCUT2D eigenvalue weighted by atomic mass is 15.2. The molecule has 4 aromatic carbocycles. The van der Waals surface area contributed by atoms with Crippen molar-refractivity contribution in [2.45, 2.75) is 59.5 Å². The summed E-state index contributed by atoms with van der Waals surface area (Å²) in [5, 5.41) is 2.46. The standard InChI is InChI=1S/C45H50N2/c1-8-19-38(20-9-2)22-17-21-37(7)46(42-25-13-12-14-26-42)41(11-4)32-29-35(5)39-30-33-43(34-31-39)47(36(6)10-3)45-28-18-24-40-23-15-16-27-44(40)45/h8,10-19,21-34,36-37H,3-4,9,20H2,1-2,5-7H3/b19-8-,21-17-,35-29+,38-22-,41-32+. The second-order valence-electron chi connectivity index (χ2n) is 11.9. The van der Waals surface area contributed by atoms with E-state index in [1.54, 1.807) is 0 Å². The first-order valence-corrected chi connectivity index (χ1v) is 16.8. The molecule has 0 spiro atoms. The van der Waals surface area contributed by atoms with E-state index in [1.807, 2.05) is 12.2 Å². The largest absolute Gasteiger partial charge is 0.335 e. The van der Waals surface area contributed by atoms with E-state index in [2.05, 4.69) is 197 Å². The number of rotatable bonds is 15. The minimum Gasteiger partial charge on any atom is -0.335 e. The Hall–Kier alpha value is -5.08. The summed E-state index contributed by atoms with van der Waals surface area (Å²) >= 11 is 0. The first kappa shape index (κ1) is 34.8. The van der Waals surface area contributed by atoms with E-state index >= 15 is 0 Å². The fourth-order valence-electron chi connectivity index (χ4n) is 5.91. The van der Waals surface area contributed by atoms with E-state index in [4.69, 9.17) is 0 Å². The van der Waals surface area contributed by atoms with Crippen LogP contribution in [0.25, 0.3) is 16.3 Å². The van der Waals surface area contributed by atoms with Crippen LogP contribution < -0.4 is 9.80 Å². The normalized spacial score (nSPS) is 14.0. The lowest BCUT2D eigenvalue weighted by Gasteiger charge is -2.31. The number of allylic oxidation sites excluding steroid dienone is 9. The van der Waals surface area contributed by atoms with Crippen LogP contribution in [0.2, 0.25) is 0 Å². The first-order chi connectivity index (χ1) is 22.9. The van der Waals surface area contributed by atoms with Gasteiger partial charge in [0.1, 0.15) is 0 Å². The Morgan fingerprint density at radius 3 is 2.15 bits per heavy atom. The van der Waals surface area contributed by atoms with Gasteiger partial charge in [-0.2, -0.15) is 0 Å². The van der Waals surface area contributed by atoms with Gasteiger partial charge in [0.05, 0.1) is 0 Å². The molecule has 2 unspecified atom stereocenters. The smallest absolute Gasteiger partial charge is 0.0497 e. The third kappa shape index (κ3) is 9.01. The van der Waals surface area contributed by atoms with E-state index in [0.29, 0.717) is 0 Å². The summed E-state index contributed by atoms with van der Waals surface area (Å²) in [5.41, 5.74) is 8.17. The summed E-state index contributed by atoms with van der Waals surface area (Å²) in [6.45, 7) is 19.2. The molecule has 2 atom stereocenters. The van der Waals surface area contributed by atoms with Crippen molar-refractivity contribution < 1.29 is 0 Å². The number of fused-ring (bicyclic) bond motifs is 1. The summed E-state index contributed by atoms with van der Waals surface area (Å²) in [6.07, 6.45) is 21.5. The number of nitrogens with zero attached hydrogens (tertiary/aromatic N) is 2. The summed E-state index contributed by atoms with van der Waals surface area (Å²) in [6, 6.07) is 34.7. The van der Waals surface area contributed by atoms with E-state index in [-0.39, 0.29) is 12.1 Å². The van der Waals surface area contributed by atoms with Crippen LogP contribution in [-0.2, 0) is 0 Å². The molecule has 0 bridgehead atoms. The molecule has 0 amide bonds. The third-order valence-corrected chi connectivity index (χ3v) is 8.43. The van der Waals surface area contributed by atoms with E-state index < -0.39 is 0 Å². The van der Waals surface area contributed by atoms with Crippen molar-refractivity contribution in [3.8, 4) is 0 Å². The lowest BCUT2D eigenvalue weighted by atomic mass is 10.0. The summed E-state index contributed by atoms with van der Waals surface area (Å²) in [5.74, 6) is 0. The Labute approximate surface area is 283 Å². The van der Waals surface area contributed by atoms with E-state index in [1.165, 1.54) is 33.2 Å². The van der Waals surface area contributed by atoms with Crippen LogP contribution in [-0.4, -0.2) is 12.1 Å². The molecule has 4 aromatic rings. The fraction of sp³-hybridized carbons (Fsp3) is 0.200. The van der Waals surface area contributed by atoms with Crippen molar-refractivity contribution in [2.24, 2.45) is 0 Å². The van der Waals surface area contributed by atoms with Crippen LogP contribution in [0.4, 0.5) is 17.1 Å². The molecule has 0 aliphatic heterocycles. The molecular formula is C45H50N2. The van der Waals surface area contributed by atoms with E-state index in [9.17, 15) is 0 Å². The highest BCUT2D eigenvalue weighted by Gasteiger charge is 2.17. The zero-order valence-electron chi connectivity index (χ0n) is 28.8. The maximum atomic E-state index is 4.21. The average molecular weight is 619 g/mol. The maximum Gasteiger partial charge on any atom is 0.0497 e. The minimum absolute atomic E-state index is 0.117. The monoisotopic (exact) mass is 618 g/mol. The quantitative estimate of drug-likeness (QED) is 0.0966. The SMILES string of the molecule is C=C/C(=C\C=C(/C)c1ccc(N(c2cccc3ccccc23)C(C)C=C)cc1)N(c1ccccc1)C(C)\C=C/C=C(/C=C\C)CCC. The molecule has 2 nitrogen and oxygen atoms in total. The number of anilines is 3. The second-order valence-corrected chi connectivity index (χ2v) is 11.9. The highest BCUT2D eigenvalue weighted by molar-refractivity contribution is 5.96. The number of hydrogen-bond donors (Lipinski definition) is 0. The molecule has 0 N–H and O–H groups in total. The average Bonchev–Trinajstić information content (AvgIpc) is 3.10. The maximum absolute atomic E-state index is 4.21. The predicted molar refractivity (Wildman–Crippen MR) is 209 cm³/mol. The minimum atomic E-state index is 0.117. The molecule has 0 heterocycles. The van der Waals surface area contributed by atoms with Gasteiger partial charge in [-0.1, -0.05) is 129 Å². The highest BCUT2D eigenvalue weighted by Crippen LogP contribution is 2.35. The van der Waals surface area contributed by atoms with Crippen molar-refractivity contribution in [3.63, 3.8) is 0 Å². The first-order valence-electron chi connectivity index (χ1n) is 16.8. The van der Waals surface area contributed by atoms with Gasteiger partial charge in [-0.3, -0.25) is 0 Å². The van der Waals surface area contributed by atoms with Crippen LogP contribution in [0.15, 0.2) is 176 Å². The molecule has 0 aliphatic rings. The van der Waals surface area contributed by atoms with Gasteiger partial charge in [-0.05, 0) is 98.7 Å². The van der Waals surface area contributed by atoms with Crippen molar-refractivity contribution in [3.05, 3.63) is 182 Å². The Kier molecular flexibility index (Phi) is 13.0. The third-order valence-electron chi connectivity index (χ3n) is 8.43. The van der Waals surface area contributed by atoms with Gasteiger partial charge in [0.2, 0.25) is 0 Å². The molecule has 2 heteroatoms. The zero-order valence-corrected chi connectivity index (χ0v) is 28.8. The molecule has 0 saturated carbocycles. The van der Waals surface area contributed by atoms with Crippen LogP contribution in [0.5, 0.6) is 0 Å². The van der Waals surface area contributed by atoms with E-state index in [0.717, 1.165) is 29.9 Å². The molecule has 47 heavy (non-hydrogen) atoms. The molecule has 0 radical (unpaired) electrons. The lowest BCUT2D eigenvalue weighted by molar-refractivity contribution is 0.834. The predicted octanol–water partition coefficient (Wildman–Crippen LogP) is 12.8. The number of benzene rings is 4. The van der Waals surface area contributed by atoms with Gasteiger partial charge in [0, 0.05) is 40.2 Å². The van der Waals surface area contributed by atoms with Gasteiger partial charge in [0.15, 0.2) is 0 Å². The summed E-state index contributed by atoms with van der Waals surface area (Å²) < 4.78 is 0. The lowest BCUT2D eigenvalue weighted by Crippen LogP contribution is -2.30. The number of para-hydroxylation sites is 1. The van der Waals surface area contributed by atoms with Crippen molar-refractivity contribution in [1.29, 1.82) is 0 Å². The summed E-state index contributed by atoms with van der Waals surface area (Å²) in [4.78, 5) is 4.69. The van der Waals surface area contributed by atoms with Gasteiger partial charge >= 0.3 is 0 Å². The fourth-order valence-corrected chi connectivity index (χ4v) is 5.91. The second kappa shape index (κ2) is 17.6. The molecule has 0 aliphatic carbocycles. The van der Waals surface area contributed by atoms with Gasteiger partial charge in [-0.15, -0.1) is 6.58 Å². The molecule has 0 saturated heterocycles. The van der Waals surface area contributed by atoms with Gasteiger partial charge in [-0.25, -0.2) is 0 Å².